The van der Waals surface area contributed by atoms with E-state index in [2.05, 4.69) is 11.9 Å². The molecule has 10 heavy (non-hydrogen) atoms. The Bertz CT molecular complexity index is 114. The zero-order valence-electron chi connectivity index (χ0n) is 5.89. The summed E-state index contributed by atoms with van der Waals surface area (Å²) in [6.07, 6.45) is 2.14. The molecule has 0 aromatic carbocycles. The smallest absolute Gasteiger partial charge is 0.235 e. The minimum absolute atomic E-state index is 0.156. The molecule has 0 aromatic rings. The van der Waals surface area contributed by atoms with Gasteiger partial charge in [0.25, 0.3) is 0 Å². The molecular weight excluding hydrogens is 130 g/mol. The molecule has 4 heteroatoms. The molecular formula is C6H13N3O. The highest BCUT2D eigenvalue weighted by atomic mass is 16.2. The molecule has 58 valence electrons. The Kier molecular flexibility index (Phi) is 5.71. The van der Waals surface area contributed by atoms with Gasteiger partial charge in [-0.2, -0.15) is 0 Å². The Morgan fingerprint density at radius 2 is 2.40 bits per heavy atom. The van der Waals surface area contributed by atoms with Crippen molar-refractivity contribution in [3.63, 3.8) is 0 Å². The van der Waals surface area contributed by atoms with Crippen molar-refractivity contribution in [2.75, 3.05) is 13.1 Å². The van der Waals surface area contributed by atoms with Crippen LogP contribution in [0, 0.1) is 0 Å². The molecule has 4 nitrogen and oxygen atoms in total. The first-order valence-corrected chi connectivity index (χ1v) is 3.12. The minimum Gasteiger partial charge on any atom is -0.313 e. The van der Waals surface area contributed by atoms with E-state index in [1.165, 1.54) is 0 Å². The molecule has 4 N–H and O–H groups in total. The highest BCUT2D eigenvalue weighted by molar-refractivity contribution is 5.75. The molecule has 0 aromatic heterocycles. The van der Waals surface area contributed by atoms with Gasteiger partial charge in [-0.1, -0.05) is 6.08 Å². The van der Waals surface area contributed by atoms with E-state index in [0.29, 0.717) is 13.0 Å². The summed E-state index contributed by atoms with van der Waals surface area (Å²) in [5.74, 6) is 4.68. The molecule has 0 unspecified atom stereocenters. The van der Waals surface area contributed by atoms with E-state index in [9.17, 15) is 4.79 Å². The molecule has 0 rings (SSSR count). The summed E-state index contributed by atoms with van der Waals surface area (Å²) in [5.41, 5.74) is 2.04. The lowest BCUT2D eigenvalue weighted by atomic mass is 10.4. The average molecular weight is 143 g/mol. The first-order chi connectivity index (χ1) is 4.81. The number of hydrogen-bond donors (Lipinski definition) is 3. The summed E-state index contributed by atoms with van der Waals surface area (Å²) in [4.78, 5) is 10.5. The van der Waals surface area contributed by atoms with Gasteiger partial charge in [0.1, 0.15) is 0 Å². The molecule has 0 aliphatic rings. The van der Waals surface area contributed by atoms with Crippen LogP contribution in [0.15, 0.2) is 12.7 Å². The van der Waals surface area contributed by atoms with Crippen LogP contribution in [0.5, 0.6) is 0 Å². The number of nitrogens with two attached hydrogens (primary N) is 1. The molecule has 0 fully saturated rings. The van der Waals surface area contributed by atoms with Crippen LogP contribution in [-0.2, 0) is 4.79 Å². The Morgan fingerprint density at radius 1 is 1.70 bits per heavy atom. The second-order valence-corrected chi connectivity index (χ2v) is 1.81. The van der Waals surface area contributed by atoms with Crippen LogP contribution >= 0.6 is 0 Å². The second-order valence-electron chi connectivity index (χ2n) is 1.81. The fraction of sp³-hybridized carbons (Fsp3) is 0.500. The molecule has 1 amide bonds. The van der Waals surface area contributed by atoms with Crippen LogP contribution in [0.2, 0.25) is 0 Å². The first kappa shape index (κ1) is 9.13. The summed E-state index contributed by atoms with van der Waals surface area (Å²) in [6.45, 7) is 4.86. The van der Waals surface area contributed by atoms with Gasteiger partial charge >= 0.3 is 0 Å². The summed E-state index contributed by atoms with van der Waals surface area (Å²) >= 11 is 0. The molecule has 0 spiro atoms. The van der Waals surface area contributed by atoms with E-state index in [0.717, 1.165) is 6.54 Å². The monoisotopic (exact) mass is 143 g/mol. The zero-order chi connectivity index (χ0) is 7.82. The van der Waals surface area contributed by atoms with Gasteiger partial charge in [-0.3, -0.25) is 10.2 Å². The van der Waals surface area contributed by atoms with E-state index in [4.69, 9.17) is 5.84 Å². The number of rotatable bonds is 5. The van der Waals surface area contributed by atoms with E-state index < -0.39 is 0 Å². The van der Waals surface area contributed by atoms with Gasteiger partial charge in [-0.25, -0.2) is 5.84 Å². The van der Waals surface area contributed by atoms with Crippen LogP contribution in [0.4, 0.5) is 0 Å². The number of amides is 1. The van der Waals surface area contributed by atoms with Crippen LogP contribution in [0.25, 0.3) is 0 Å². The van der Waals surface area contributed by atoms with Crippen molar-refractivity contribution in [1.82, 2.24) is 10.7 Å². The van der Waals surface area contributed by atoms with E-state index >= 15 is 0 Å². The third-order valence-corrected chi connectivity index (χ3v) is 0.979. The second kappa shape index (κ2) is 6.25. The number of nitrogens with one attached hydrogen (secondary N) is 2. The normalized spacial score (nSPS) is 8.90. The van der Waals surface area contributed by atoms with Gasteiger partial charge < -0.3 is 5.32 Å². The van der Waals surface area contributed by atoms with Crippen molar-refractivity contribution in [1.29, 1.82) is 0 Å². The predicted molar refractivity (Wildman–Crippen MR) is 40.0 cm³/mol. The lowest BCUT2D eigenvalue weighted by Gasteiger charge is -1.99. The highest BCUT2D eigenvalue weighted by Crippen LogP contribution is 1.73. The van der Waals surface area contributed by atoms with Crippen molar-refractivity contribution in [2.45, 2.75) is 6.42 Å². The van der Waals surface area contributed by atoms with Crippen molar-refractivity contribution >= 4 is 5.91 Å². The maximum absolute atomic E-state index is 10.5. The topological polar surface area (TPSA) is 67.2 Å². The van der Waals surface area contributed by atoms with Crippen molar-refractivity contribution in [3.8, 4) is 0 Å². The van der Waals surface area contributed by atoms with E-state index in [1.54, 1.807) is 6.08 Å². The summed E-state index contributed by atoms with van der Waals surface area (Å²) < 4.78 is 0. The lowest BCUT2D eigenvalue weighted by molar-refractivity contribution is -0.121. The SMILES string of the molecule is C=CCNCCC(=O)NN. The Labute approximate surface area is 60.4 Å². The average Bonchev–Trinajstić information content (AvgIpc) is 1.98. The summed E-state index contributed by atoms with van der Waals surface area (Å²) in [6, 6.07) is 0. The predicted octanol–water partition coefficient (Wildman–Crippen LogP) is -0.858. The summed E-state index contributed by atoms with van der Waals surface area (Å²) in [7, 11) is 0. The Balaban J connectivity index is 3.03. The number of carbonyl (C=O) groups excluding carboxylic acids is 1. The number of hydrogen-bond acceptors (Lipinski definition) is 3. The van der Waals surface area contributed by atoms with E-state index in [-0.39, 0.29) is 5.91 Å². The van der Waals surface area contributed by atoms with Crippen molar-refractivity contribution in [2.24, 2.45) is 5.84 Å². The zero-order valence-corrected chi connectivity index (χ0v) is 5.89. The van der Waals surface area contributed by atoms with Gasteiger partial charge in [0.2, 0.25) is 5.91 Å². The van der Waals surface area contributed by atoms with Crippen LogP contribution in [-0.4, -0.2) is 19.0 Å². The minimum atomic E-state index is -0.156. The standard InChI is InChI=1S/C6H13N3O/c1-2-4-8-5-3-6(10)9-7/h2,8H,1,3-5,7H2,(H,9,10). The maximum Gasteiger partial charge on any atom is 0.235 e. The van der Waals surface area contributed by atoms with Crippen LogP contribution in [0.1, 0.15) is 6.42 Å². The largest absolute Gasteiger partial charge is 0.313 e. The number of carbonyl (C=O) groups is 1. The van der Waals surface area contributed by atoms with Gasteiger partial charge in [0, 0.05) is 19.5 Å². The fourth-order valence-corrected chi connectivity index (χ4v) is 0.478. The molecule has 0 saturated carbocycles. The van der Waals surface area contributed by atoms with Gasteiger partial charge in [-0.15, -0.1) is 6.58 Å². The lowest BCUT2D eigenvalue weighted by Crippen LogP contribution is -2.32. The third kappa shape index (κ3) is 5.27. The molecule has 0 saturated heterocycles. The van der Waals surface area contributed by atoms with Crippen molar-refractivity contribution in [3.05, 3.63) is 12.7 Å². The number of hydrazine groups is 1. The molecule has 0 radical (unpaired) electrons. The maximum atomic E-state index is 10.5. The quantitative estimate of drug-likeness (QED) is 0.154. The fourth-order valence-electron chi connectivity index (χ4n) is 0.478. The molecule has 0 aliphatic carbocycles. The van der Waals surface area contributed by atoms with Gasteiger partial charge in [0.15, 0.2) is 0 Å². The summed E-state index contributed by atoms with van der Waals surface area (Å²) in [5, 5.41) is 2.97. The van der Waals surface area contributed by atoms with Gasteiger partial charge in [0.05, 0.1) is 0 Å². The Hall–Kier alpha value is -0.870. The highest BCUT2D eigenvalue weighted by Gasteiger charge is 1.94. The Morgan fingerprint density at radius 3 is 2.90 bits per heavy atom. The molecule has 0 aliphatic heterocycles. The van der Waals surface area contributed by atoms with Crippen molar-refractivity contribution < 1.29 is 4.79 Å². The van der Waals surface area contributed by atoms with E-state index in [1.807, 2.05) is 5.43 Å². The molecule has 0 atom stereocenters. The first-order valence-electron chi connectivity index (χ1n) is 3.12. The third-order valence-electron chi connectivity index (χ3n) is 0.979. The molecule has 0 heterocycles. The van der Waals surface area contributed by atoms with Crippen LogP contribution < -0.4 is 16.6 Å². The molecule has 0 bridgehead atoms. The van der Waals surface area contributed by atoms with Crippen LogP contribution in [0.3, 0.4) is 0 Å². The van der Waals surface area contributed by atoms with Gasteiger partial charge in [-0.05, 0) is 0 Å².